The largest absolute Gasteiger partial charge is 0.479 e. The minimum Gasteiger partial charge on any atom is -0.479 e. The SMILES string of the molecule is CCOc1cc(=O)n(-c2c(C(=O)O)n(C)c3ccc(Cl)cc23)c(=O)[nH]1. The summed E-state index contributed by atoms with van der Waals surface area (Å²) in [6, 6.07) is 5.84. The van der Waals surface area contributed by atoms with E-state index in [2.05, 4.69) is 4.98 Å². The van der Waals surface area contributed by atoms with Crippen LogP contribution in [-0.4, -0.2) is 31.8 Å². The maximum Gasteiger partial charge on any atom is 0.354 e. The third-order valence-electron chi connectivity index (χ3n) is 3.77. The number of H-pyrrole nitrogens is 1. The molecule has 0 aliphatic rings. The Hall–Kier alpha value is -3.00. The molecule has 0 radical (unpaired) electrons. The quantitative estimate of drug-likeness (QED) is 0.734. The number of carboxylic acids is 1. The maximum atomic E-state index is 12.5. The Bertz CT molecular complexity index is 1080. The molecular formula is C16H14ClN3O5. The van der Waals surface area contributed by atoms with Gasteiger partial charge in [-0.25, -0.2) is 14.2 Å². The van der Waals surface area contributed by atoms with Gasteiger partial charge >= 0.3 is 11.7 Å². The van der Waals surface area contributed by atoms with Crippen molar-refractivity contribution < 1.29 is 14.6 Å². The van der Waals surface area contributed by atoms with Crippen LogP contribution in [0.1, 0.15) is 17.4 Å². The summed E-state index contributed by atoms with van der Waals surface area (Å²) in [6.07, 6.45) is 0. The lowest BCUT2D eigenvalue weighted by Gasteiger charge is -2.08. The summed E-state index contributed by atoms with van der Waals surface area (Å²) in [6.45, 7) is 1.97. The molecule has 0 atom stereocenters. The molecule has 0 unspecified atom stereocenters. The van der Waals surface area contributed by atoms with Crippen LogP contribution in [-0.2, 0) is 7.05 Å². The number of carbonyl (C=O) groups is 1. The zero-order chi connectivity index (χ0) is 18.3. The van der Waals surface area contributed by atoms with Gasteiger partial charge in [-0.2, -0.15) is 0 Å². The maximum absolute atomic E-state index is 12.5. The highest BCUT2D eigenvalue weighted by Crippen LogP contribution is 2.30. The third kappa shape index (κ3) is 2.70. The van der Waals surface area contributed by atoms with Gasteiger partial charge in [-0.05, 0) is 25.1 Å². The second kappa shape index (κ2) is 6.14. The van der Waals surface area contributed by atoms with Crippen LogP contribution in [0.25, 0.3) is 16.6 Å². The summed E-state index contributed by atoms with van der Waals surface area (Å²) in [5.41, 5.74) is -1.22. The molecule has 8 nitrogen and oxygen atoms in total. The number of aromatic amines is 1. The number of hydrogen-bond donors (Lipinski definition) is 2. The van der Waals surface area contributed by atoms with E-state index in [4.69, 9.17) is 16.3 Å². The summed E-state index contributed by atoms with van der Waals surface area (Å²) in [5, 5.41) is 10.3. The Balaban J connectivity index is 2.46. The van der Waals surface area contributed by atoms with Gasteiger partial charge < -0.3 is 14.4 Å². The first kappa shape index (κ1) is 16.8. The average molecular weight is 364 g/mol. The smallest absolute Gasteiger partial charge is 0.354 e. The molecule has 0 fully saturated rings. The fourth-order valence-electron chi connectivity index (χ4n) is 2.79. The van der Waals surface area contributed by atoms with Crippen molar-refractivity contribution in [1.82, 2.24) is 14.1 Å². The fraction of sp³-hybridized carbons (Fsp3) is 0.188. The molecule has 0 saturated carbocycles. The number of halogens is 1. The predicted molar refractivity (Wildman–Crippen MR) is 92.3 cm³/mol. The number of nitrogens with one attached hydrogen (secondary N) is 1. The van der Waals surface area contributed by atoms with Crippen molar-refractivity contribution in [3.8, 4) is 11.6 Å². The lowest BCUT2D eigenvalue weighted by atomic mass is 10.2. The number of aromatic carboxylic acids is 1. The minimum absolute atomic E-state index is 0.0175. The summed E-state index contributed by atoms with van der Waals surface area (Å²) < 4.78 is 7.30. The molecule has 2 aromatic heterocycles. The standard InChI is InChI=1S/C16H14ClN3O5/c1-3-25-11-7-12(21)20(16(24)18-11)13-9-6-8(17)4-5-10(9)19(2)14(13)15(22)23/h4-7H,3H2,1-2H3,(H,18,24)(H,22,23). The molecule has 0 bridgehead atoms. The molecule has 2 heterocycles. The van der Waals surface area contributed by atoms with Crippen LogP contribution in [0.3, 0.4) is 0 Å². The zero-order valence-corrected chi connectivity index (χ0v) is 14.1. The number of hydrogen-bond acceptors (Lipinski definition) is 4. The molecule has 3 rings (SSSR count). The van der Waals surface area contributed by atoms with Crippen LogP contribution >= 0.6 is 11.6 Å². The summed E-state index contributed by atoms with van der Waals surface area (Å²) in [5.74, 6) is -1.26. The molecule has 0 aliphatic carbocycles. The first-order chi connectivity index (χ1) is 11.8. The summed E-state index contributed by atoms with van der Waals surface area (Å²) in [7, 11) is 1.54. The van der Waals surface area contributed by atoms with Crippen molar-refractivity contribution in [3.63, 3.8) is 0 Å². The van der Waals surface area contributed by atoms with Crippen molar-refractivity contribution in [2.75, 3.05) is 6.61 Å². The van der Waals surface area contributed by atoms with Crippen LogP contribution in [0, 0.1) is 0 Å². The lowest BCUT2D eigenvalue weighted by Crippen LogP contribution is -2.34. The molecule has 3 aromatic rings. The first-order valence-corrected chi connectivity index (χ1v) is 7.73. The average Bonchev–Trinajstić information content (AvgIpc) is 2.79. The molecule has 0 saturated heterocycles. The molecule has 2 N–H and O–H groups in total. The van der Waals surface area contributed by atoms with Gasteiger partial charge in [0.15, 0.2) is 11.6 Å². The van der Waals surface area contributed by atoms with E-state index in [1.807, 2.05) is 0 Å². The monoisotopic (exact) mass is 363 g/mol. The van der Waals surface area contributed by atoms with Gasteiger partial charge in [-0.3, -0.25) is 9.78 Å². The number of ether oxygens (including phenoxy) is 1. The van der Waals surface area contributed by atoms with Gasteiger partial charge in [0.25, 0.3) is 5.56 Å². The van der Waals surface area contributed by atoms with Crippen molar-refractivity contribution in [1.29, 1.82) is 0 Å². The molecule has 130 valence electrons. The van der Waals surface area contributed by atoms with Crippen LogP contribution in [0.2, 0.25) is 5.02 Å². The Morgan fingerprint density at radius 1 is 1.32 bits per heavy atom. The highest BCUT2D eigenvalue weighted by molar-refractivity contribution is 6.31. The van der Waals surface area contributed by atoms with Gasteiger partial charge in [-0.1, -0.05) is 11.6 Å². The van der Waals surface area contributed by atoms with E-state index < -0.39 is 17.2 Å². The lowest BCUT2D eigenvalue weighted by molar-refractivity contribution is 0.0687. The molecular weight excluding hydrogens is 350 g/mol. The predicted octanol–water partition coefficient (Wildman–Crippen LogP) is 1.77. The molecule has 9 heteroatoms. The van der Waals surface area contributed by atoms with Gasteiger partial charge in [0.1, 0.15) is 0 Å². The highest BCUT2D eigenvalue weighted by atomic mass is 35.5. The second-order valence-electron chi connectivity index (χ2n) is 5.27. The second-order valence-corrected chi connectivity index (χ2v) is 5.70. The zero-order valence-electron chi connectivity index (χ0n) is 13.4. The van der Waals surface area contributed by atoms with E-state index in [1.54, 1.807) is 19.1 Å². The third-order valence-corrected chi connectivity index (χ3v) is 4.00. The van der Waals surface area contributed by atoms with E-state index in [-0.39, 0.29) is 23.9 Å². The number of fused-ring (bicyclic) bond motifs is 1. The molecule has 0 aliphatic heterocycles. The van der Waals surface area contributed by atoms with E-state index in [1.165, 1.54) is 17.7 Å². The molecule has 0 spiro atoms. The van der Waals surface area contributed by atoms with Crippen LogP contribution in [0.4, 0.5) is 0 Å². The Morgan fingerprint density at radius 2 is 2.04 bits per heavy atom. The van der Waals surface area contributed by atoms with E-state index >= 15 is 0 Å². The van der Waals surface area contributed by atoms with Crippen molar-refractivity contribution >= 4 is 28.5 Å². The highest BCUT2D eigenvalue weighted by Gasteiger charge is 2.24. The van der Waals surface area contributed by atoms with Crippen molar-refractivity contribution in [2.45, 2.75) is 6.92 Å². The van der Waals surface area contributed by atoms with Gasteiger partial charge in [0, 0.05) is 17.5 Å². The molecule has 0 amide bonds. The number of carboxylic acid groups (broad SMARTS) is 1. The van der Waals surface area contributed by atoms with Gasteiger partial charge in [0.05, 0.1) is 23.9 Å². The van der Waals surface area contributed by atoms with Crippen LogP contribution < -0.4 is 16.0 Å². The van der Waals surface area contributed by atoms with E-state index in [0.717, 1.165) is 10.6 Å². The number of aromatic nitrogens is 3. The van der Waals surface area contributed by atoms with Crippen LogP contribution in [0.5, 0.6) is 5.88 Å². The van der Waals surface area contributed by atoms with Gasteiger partial charge in [-0.15, -0.1) is 0 Å². The van der Waals surface area contributed by atoms with Gasteiger partial charge in [0.2, 0.25) is 0 Å². The topological polar surface area (TPSA) is 106 Å². The van der Waals surface area contributed by atoms with E-state index in [9.17, 15) is 19.5 Å². The molecule has 25 heavy (non-hydrogen) atoms. The fourth-order valence-corrected chi connectivity index (χ4v) is 2.96. The van der Waals surface area contributed by atoms with Crippen molar-refractivity contribution in [3.05, 3.63) is 55.8 Å². The van der Waals surface area contributed by atoms with Crippen molar-refractivity contribution in [2.24, 2.45) is 7.05 Å². The number of aryl methyl sites for hydroxylation is 1. The minimum atomic E-state index is -1.27. The number of benzene rings is 1. The van der Waals surface area contributed by atoms with E-state index in [0.29, 0.717) is 15.9 Å². The Labute approximate surface area is 145 Å². The molecule has 1 aromatic carbocycles. The Morgan fingerprint density at radius 3 is 2.64 bits per heavy atom. The normalized spacial score (nSPS) is 11.0. The summed E-state index contributed by atoms with van der Waals surface area (Å²) >= 11 is 6.02. The van der Waals surface area contributed by atoms with Crippen LogP contribution in [0.15, 0.2) is 33.9 Å². The first-order valence-electron chi connectivity index (χ1n) is 7.36. The number of rotatable bonds is 4. The Kier molecular flexibility index (Phi) is 4.13. The number of nitrogens with zero attached hydrogens (tertiary/aromatic N) is 2. The summed E-state index contributed by atoms with van der Waals surface area (Å²) in [4.78, 5) is 39.1.